The molecule has 4 nitrogen and oxygen atoms in total. The van der Waals surface area contributed by atoms with E-state index in [1.54, 1.807) is 12.1 Å². The third kappa shape index (κ3) is 2.63. The van der Waals surface area contributed by atoms with Gasteiger partial charge >= 0.3 is 0 Å². The number of benzene rings is 1. The Morgan fingerprint density at radius 1 is 1.13 bits per heavy atom. The standard InChI is InChI=1S/C17H16FN3OS/c18-13-6-4-12(5-7-13)14-10-21-15(11-23-17(21)19-14)16(22)20-8-2-1-3-9-20/h4-7,10-11H,1-3,8-9H2. The van der Waals surface area contributed by atoms with Crippen LogP contribution in [-0.2, 0) is 0 Å². The van der Waals surface area contributed by atoms with Crippen LogP contribution in [0.1, 0.15) is 29.8 Å². The van der Waals surface area contributed by atoms with E-state index < -0.39 is 0 Å². The topological polar surface area (TPSA) is 37.6 Å². The highest BCUT2D eigenvalue weighted by molar-refractivity contribution is 7.15. The molecule has 6 heteroatoms. The zero-order valence-electron chi connectivity index (χ0n) is 12.5. The molecule has 0 unspecified atom stereocenters. The molecule has 0 radical (unpaired) electrons. The van der Waals surface area contributed by atoms with E-state index in [0.29, 0.717) is 5.69 Å². The van der Waals surface area contributed by atoms with Crippen molar-refractivity contribution in [3.05, 3.63) is 47.4 Å². The molecule has 2 aromatic heterocycles. The summed E-state index contributed by atoms with van der Waals surface area (Å²) in [6.45, 7) is 1.66. The van der Waals surface area contributed by atoms with Crippen LogP contribution in [0.4, 0.5) is 4.39 Å². The minimum atomic E-state index is -0.268. The second-order valence-electron chi connectivity index (χ2n) is 5.76. The van der Waals surface area contributed by atoms with Crippen LogP contribution in [0.5, 0.6) is 0 Å². The number of nitrogens with zero attached hydrogens (tertiary/aromatic N) is 3. The summed E-state index contributed by atoms with van der Waals surface area (Å²) in [7, 11) is 0. The Bertz CT molecular complexity index is 846. The van der Waals surface area contributed by atoms with E-state index >= 15 is 0 Å². The number of hydrogen-bond donors (Lipinski definition) is 0. The first-order chi connectivity index (χ1) is 11.2. The number of imidazole rings is 1. The number of thiazole rings is 1. The Morgan fingerprint density at radius 2 is 1.87 bits per heavy atom. The highest BCUT2D eigenvalue weighted by Gasteiger charge is 2.22. The Kier molecular flexibility index (Phi) is 3.61. The van der Waals surface area contributed by atoms with E-state index in [1.807, 2.05) is 20.9 Å². The van der Waals surface area contributed by atoms with Crippen molar-refractivity contribution in [1.82, 2.24) is 14.3 Å². The SMILES string of the molecule is O=C(c1csc2nc(-c3ccc(F)cc3)cn12)N1CCCCC1. The predicted molar refractivity (Wildman–Crippen MR) is 88.2 cm³/mol. The van der Waals surface area contributed by atoms with E-state index in [9.17, 15) is 9.18 Å². The van der Waals surface area contributed by atoms with Gasteiger partial charge in [0.25, 0.3) is 5.91 Å². The molecule has 0 bridgehead atoms. The minimum absolute atomic E-state index is 0.0685. The van der Waals surface area contributed by atoms with Crippen molar-refractivity contribution in [2.75, 3.05) is 13.1 Å². The lowest BCUT2D eigenvalue weighted by molar-refractivity contribution is 0.0717. The molecule has 0 aliphatic carbocycles. The maximum Gasteiger partial charge on any atom is 0.271 e. The van der Waals surface area contributed by atoms with Crippen LogP contribution in [0.25, 0.3) is 16.2 Å². The summed E-state index contributed by atoms with van der Waals surface area (Å²) in [5.41, 5.74) is 2.26. The van der Waals surface area contributed by atoms with Crippen molar-refractivity contribution >= 4 is 22.2 Å². The van der Waals surface area contributed by atoms with Crippen LogP contribution in [0.2, 0.25) is 0 Å². The smallest absolute Gasteiger partial charge is 0.271 e. The van der Waals surface area contributed by atoms with Gasteiger partial charge in [0.1, 0.15) is 11.5 Å². The van der Waals surface area contributed by atoms with Gasteiger partial charge in [0, 0.05) is 30.2 Å². The molecule has 23 heavy (non-hydrogen) atoms. The third-order valence-electron chi connectivity index (χ3n) is 4.21. The number of fused-ring (bicyclic) bond motifs is 1. The van der Waals surface area contributed by atoms with Gasteiger partial charge in [-0.25, -0.2) is 9.37 Å². The molecular formula is C17H16FN3OS. The van der Waals surface area contributed by atoms with Gasteiger partial charge in [0.2, 0.25) is 0 Å². The normalized spacial score (nSPS) is 15.3. The summed E-state index contributed by atoms with van der Waals surface area (Å²) in [4.78, 5) is 20.0. The number of hydrogen-bond acceptors (Lipinski definition) is 3. The van der Waals surface area contributed by atoms with Crippen LogP contribution in [0.3, 0.4) is 0 Å². The summed E-state index contributed by atoms with van der Waals surface area (Å²) in [6.07, 6.45) is 5.20. The van der Waals surface area contributed by atoms with Crippen LogP contribution < -0.4 is 0 Å². The van der Waals surface area contributed by atoms with Crippen molar-refractivity contribution in [2.45, 2.75) is 19.3 Å². The molecule has 1 aliphatic rings. The first-order valence-electron chi connectivity index (χ1n) is 7.74. The molecule has 1 amide bonds. The van der Waals surface area contributed by atoms with Gasteiger partial charge in [-0.05, 0) is 43.5 Å². The number of aromatic nitrogens is 2. The van der Waals surface area contributed by atoms with Gasteiger partial charge in [-0.3, -0.25) is 9.20 Å². The maximum atomic E-state index is 13.0. The quantitative estimate of drug-likeness (QED) is 0.716. The molecule has 0 atom stereocenters. The lowest BCUT2D eigenvalue weighted by atomic mass is 10.1. The number of halogens is 1. The van der Waals surface area contributed by atoms with Gasteiger partial charge in [0.15, 0.2) is 4.96 Å². The third-order valence-corrected chi connectivity index (χ3v) is 5.05. The molecule has 3 aromatic rings. The van der Waals surface area contributed by atoms with Gasteiger partial charge < -0.3 is 4.90 Å². The molecule has 1 saturated heterocycles. The van der Waals surface area contributed by atoms with Gasteiger partial charge in [-0.15, -0.1) is 11.3 Å². The Hall–Kier alpha value is -2.21. The van der Waals surface area contributed by atoms with Crippen LogP contribution >= 0.6 is 11.3 Å². The number of carbonyl (C=O) groups is 1. The van der Waals surface area contributed by atoms with Gasteiger partial charge in [-0.1, -0.05) is 0 Å². The van der Waals surface area contributed by atoms with Gasteiger partial charge in [0.05, 0.1) is 5.69 Å². The molecule has 3 heterocycles. The molecule has 1 fully saturated rings. The number of carbonyl (C=O) groups excluding carboxylic acids is 1. The monoisotopic (exact) mass is 329 g/mol. The van der Waals surface area contributed by atoms with Crippen LogP contribution in [0.15, 0.2) is 35.8 Å². The second kappa shape index (κ2) is 5.77. The van der Waals surface area contributed by atoms with Gasteiger partial charge in [-0.2, -0.15) is 0 Å². The fourth-order valence-corrected chi connectivity index (χ4v) is 3.80. The predicted octanol–water partition coefficient (Wildman–Crippen LogP) is 3.83. The molecule has 0 saturated carbocycles. The van der Waals surface area contributed by atoms with Crippen molar-refractivity contribution < 1.29 is 9.18 Å². The molecule has 1 aromatic carbocycles. The van der Waals surface area contributed by atoms with E-state index in [4.69, 9.17) is 0 Å². The lowest BCUT2D eigenvalue weighted by Gasteiger charge is -2.26. The molecule has 0 spiro atoms. The Balaban J connectivity index is 1.69. The first kappa shape index (κ1) is 14.4. The summed E-state index contributed by atoms with van der Waals surface area (Å²) in [5.74, 6) is -0.199. The number of likely N-dealkylation sites (tertiary alicyclic amines) is 1. The van der Waals surface area contributed by atoms with Crippen molar-refractivity contribution in [3.63, 3.8) is 0 Å². The minimum Gasteiger partial charge on any atom is -0.337 e. The van der Waals surface area contributed by atoms with Crippen molar-refractivity contribution in [1.29, 1.82) is 0 Å². The Labute approximate surface area is 137 Å². The summed E-state index contributed by atoms with van der Waals surface area (Å²) in [5, 5.41) is 1.87. The molecule has 118 valence electrons. The van der Waals surface area contributed by atoms with Crippen molar-refractivity contribution in [2.24, 2.45) is 0 Å². The molecule has 4 rings (SSSR count). The summed E-state index contributed by atoms with van der Waals surface area (Å²) >= 11 is 1.46. The average molecular weight is 329 g/mol. The average Bonchev–Trinajstić information content (AvgIpc) is 3.16. The van der Waals surface area contributed by atoms with E-state index in [1.165, 1.54) is 29.9 Å². The highest BCUT2D eigenvalue weighted by atomic mass is 32.1. The van der Waals surface area contributed by atoms with Crippen LogP contribution in [0, 0.1) is 5.82 Å². The summed E-state index contributed by atoms with van der Waals surface area (Å²) in [6, 6.07) is 6.24. The van der Waals surface area contributed by atoms with Crippen molar-refractivity contribution in [3.8, 4) is 11.3 Å². The van der Waals surface area contributed by atoms with E-state index in [-0.39, 0.29) is 11.7 Å². The number of piperidine rings is 1. The van der Waals surface area contributed by atoms with E-state index in [0.717, 1.165) is 42.1 Å². The zero-order chi connectivity index (χ0) is 15.8. The fraction of sp³-hybridized carbons (Fsp3) is 0.294. The molecule has 1 aliphatic heterocycles. The molecular weight excluding hydrogens is 313 g/mol. The molecule has 0 N–H and O–H groups in total. The highest BCUT2D eigenvalue weighted by Crippen LogP contribution is 2.25. The first-order valence-corrected chi connectivity index (χ1v) is 8.62. The number of amides is 1. The number of rotatable bonds is 2. The summed E-state index contributed by atoms with van der Waals surface area (Å²) < 4.78 is 14.9. The lowest BCUT2D eigenvalue weighted by Crippen LogP contribution is -2.36. The Morgan fingerprint density at radius 3 is 2.61 bits per heavy atom. The zero-order valence-corrected chi connectivity index (χ0v) is 13.4. The largest absolute Gasteiger partial charge is 0.337 e. The maximum absolute atomic E-state index is 13.0. The fourth-order valence-electron chi connectivity index (χ4n) is 2.96. The second-order valence-corrected chi connectivity index (χ2v) is 6.60. The van der Waals surface area contributed by atoms with E-state index in [2.05, 4.69) is 4.98 Å². The van der Waals surface area contributed by atoms with Crippen LogP contribution in [-0.4, -0.2) is 33.3 Å².